The van der Waals surface area contributed by atoms with E-state index < -0.39 is 11.9 Å². The molecule has 0 radical (unpaired) electrons. The minimum atomic E-state index is -1.01. The SMILES string of the molecule is C=C(C(=O)OC(=C(C)C(=O)O)C1CC2CCC1(C)C2(C)C)C1CC2CCC1(C)C2(C)C. The van der Waals surface area contributed by atoms with Gasteiger partial charge in [-0.05, 0) is 84.9 Å². The molecule has 1 N–H and O–H groups in total. The van der Waals surface area contributed by atoms with Gasteiger partial charge in [0.2, 0.25) is 0 Å². The number of allylic oxidation sites excluding steroid dienone is 1. The summed E-state index contributed by atoms with van der Waals surface area (Å²) in [7, 11) is 0. The smallest absolute Gasteiger partial charge is 0.338 e. The topological polar surface area (TPSA) is 63.6 Å². The molecule has 0 heterocycles. The third-order valence-electron chi connectivity index (χ3n) is 11.5. The predicted octanol–water partition coefficient (Wildman–Crippen LogP) is 6.37. The maximum Gasteiger partial charge on any atom is 0.338 e. The molecule has 4 fully saturated rings. The first-order valence-corrected chi connectivity index (χ1v) is 12.0. The zero-order valence-electron chi connectivity index (χ0n) is 20.4. The maximum atomic E-state index is 13.4. The molecule has 4 aliphatic carbocycles. The van der Waals surface area contributed by atoms with Crippen molar-refractivity contribution in [2.45, 2.75) is 87.0 Å². The van der Waals surface area contributed by atoms with Gasteiger partial charge in [0.15, 0.2) is 0 Å². The highest BCUT2D eigenvalue weighted by Gasteiger charge is 2.64. The van der Waals surface area contributed by atoms with Crippen LogP contribution >= 0.6 is 0 Å². The Morgan fingerprint density at radius 3 is 1.68 bits per heavy atom. The van der Waals surface area contributed by atoms with Gasteiger partial charge in [0.05, 0.1) is 5.57 Å². The molecule has 0 aliphatic heterocycles. The Hall–Kier alpha value is -1.58. The van der Waals surface area contributed by atoms with Crippen molar-refractivity contribution in [3.05, 3.63) is 23.5 Å². The van der Waals surface area contributed by atoms with Crippen LogP contribution in [0.1, 0.15) is 87.0 Å². The van der Waals surface area contributed by atoms with Gasteiger partial charge in [0.25, 0.3) is 0 Å². The Balaban J connectivity index is 1.61. The molecule has 4 aliphatic rings. The average Bonchev–Trinajstić information content (AvgIpc) is 3.21. The molecule has 0 saturated heterocycles. The summed E-state index contributed by atoms with van der Waals surface area (Å²) in [6.07, 6.45) is 6.39. The zero-order valence-corrected chi connectivity index (χ0v) is 20.4. The van der Waals surface area contributed by atoms with Crippen molar-refractivity contribution in [2.75, 3.05) is 0 Å². The first-order chi connectivity index (χ1) is 14.2. The van der Waals surface area contributed by atoms with Crippen molar-refractivity contribution in [3.8, 4) is 0 Å². The largest absolute Gasteiger partial charge is 0.478 e. The molecule has 4 saturated carbocycles. The van der Waals surface area contributed by atoms with E-state index in [0.717, 1.165) is 32.1 Å². The van der Waals surface area contributed by atoms with Crippen LogP contribution in [0.25, 0.3) is 0 Å². The second kappa shape index (κ2) is 6.71. The monoisotopic (exact) mass is 428 g/mol. The van der Waals surface area contributed by atoms with Crippen molar-refractivity contribution >= 4 is 11.9 Å². The number of ether oxygens (including phenoxy) is 1. The van der Waals surface area contributed by atoms with Crippen LogP contribution in [0.15, 0.2) is 23.5 Å². The Morgan fingerprint density at radius 1 is 0.871 bits per heavy atom. The van der Waals surface area contributed by atoms with Crippen LogP contribution in [0.3, 0.4) is 0 Å². The van der Waals surface area contributed by atoms with Crippen molar-refractivity contribution in [3.63, 3.8) is 0 Å². The van der Waals surface area contributed by atoms with E-state index in [2.05, 4.69) is 48.1 Å². The molecule has 0 spiro atoms. The summed E-state index contributed by atoms with van der Waals surface area (Å²) in [5.41, 5.74) is 0.952. The van der Waals surface area contributed by atoms with Gasteiger partial charge >= 0.3 is 11.9 Å². The third-order valence-corrected chi connectivity index (χ3v) is 11.5. The molecule has 6 unspecified atom stereocenters. The Bertz CT molecular complexity index is 878. The highest BCUT2D eigenvalue weighted by molar-refractivity contribution is 5.91. The number of carboxylic acid groups (broad SMARTS) is 1. The Kier molecular flexibility index (Phi) is 4.90. The number of fused-ring (bicyclic) bond motifs is 4. The van der Waals surface area contributed by atoms with Gasteiger partial charge in [-0.25, -0.2) is 9.59 Å². The van der Waals surface area contributed by atoms with Crippen LogP contribution < -0.4 is 0 Å². The van der Waals surface area contributed by atoms with Gasteiger partial charge in [0.1, 0.15) is 5.76 Å². The van der Waals surface area contributed by atoms with Crippen molar-refractivity contribution in [2.24, 2.45) is 45.3 Å². The lowest BCUT2D eigenvalue weighted by Gasteiger charge is -2.41. The number of carbonyl (C=O) groups excluding carboxylic acids is 1. The molecule has 172 valence electrons. The molecule has 4 rings (SSSR count). The highest BCUT2D eigenvalue weighted by atomic mass is 16.5. The Labute approximate surface area is 187 Å². The lowest BCUT2D eigenvalue weighted by molar-refractivity contribution is -0.138. The second-order valence-corrected chi connectivity index (χ2v) is 12.5. The molecule has 4 heteroatoms. The average molecular weight is 429 g/mol. The summed E-state index contributed by atoms with van der Waals surface area (Å²) >= 11 is 0. The summed E-state index contributed by atoms with van der Waals surface area (Å²) in [4.78, 5) is 25.3. The third kappa shape index (κ3) is 2.78. The lowest BCUT2D eigenvalue weighted by atomic mass is 9.65. The number of carboxylic acids is 1. The van der Waals surface area contributed by atoms with Gasteiger partial charge < -0.3 is 9.84 Å². The van der Waals surface area contributed by atoms with E-state index in [0.29, 0.717) is 23.2 Å². The van der Waals surface area contributed by atoms with E-state index >= 15 is 0 Å². The summed E-state index contributed by atoms with van der Waals surface area (Å²) in [5.74, 6) is 0.150. The van der Waals surface area contributed by atoms with E-state index in [1.54, 1.807) is 6.92 Å². The standard InChI is InChI=1S/C27H40O4/c1-15(19-13-17-9-11-26(19,7)24(17,3)4)23(30)31-21(16(2)22(28)29)20-14-18-10-12-27(20,8)25(18,5)6/h17-20H,1,9-14H2,2-8H3,(H,28,29). The summed E-state index contributed by atoms with van der Waals surface area (Å²) in [5, 5.41) is 9.78. The first kappa shape index (κ1) is 22.6. The number of aliphatic carboxylic acids is 1. The van der Waals surface area contributed by atoms with Crippen LogP contribution in [0, 0.1) is 45.3 Å². The lowest BCUT2D eigenvalue weighted by Crippen LogP contribution is -2.36. The van der Waals surface area contributed by atoms with Crippen LogP contribution in [0.2, 0.25) is 0 Å². The molecular formula is C27H40O4. The quantitative estimate of drug-likeness (QED) is 0.314. The van der Waals surface area contributed by atoms with Crippen molar-refractivity contribution in [1.29, 1.82) is 0 Å². The van der Waals surface area contributed by atoms with E-state index in [4.69, 9.17) is 4.74 Å². The van der Waals surface area contributed by atoms with Gasteiger partial charge in [-0.3, -0.25) is 0 Å². The molecule has 0 amide bonds. The number of carbonyl (C=O) groups is 2. The molecule has 0 aromatic rings. The van der Waals surface area contributed by atoms with Gasteiger partial charge in [-0.1, -0.05) is 48.1 Å². The van der Waals surface area contributed by atoms with E-state index in [1.165, 1.54) is 6.42 Å². The van der Waals surface area contributed by atoms with E-state index in [1.807, 2.05) is 0 Å². The Morgan fingerprint density at radius 2 is 1.32 bits per heavy atom. The van der Waals surface area contributed by atoms with E-state index in [-0.39, 0.29) is 39.1 Å². The van der Waals surface area contributed by atoms with Crippen LogP contribution in [0.5, 0.6) is 0 Å². The minimum absolute atomic E-state index is 0.0406. The molecular weight excluding hydrogens is 388 g/mol. The first-order valence-electron chi connectivity index (χ1n) is 12.0. The minimum Gasteiger partial charge on any atom is -0.478 e. The highest BCUT2D eigenvalue weighted by Crippen LogP contribution is 2.71. The van der Waals surface area contributed by atoms with E-state index in [9.17, 15) is 14.7 Å². The second-order valence-electron chi connectivity index (χ2n) is 12.5. The number of hydrogen-bond donors (Lipinski definition) is 1. The van der Waals surface area contributed by atoms with Crippen LogP contribution in [-0.4, -0.2) is 17.0 Å². The van der Waals surface area contributed by atoms with Gasteiger partial charge in [-0.15, -0.1) is 0 Å². The number of esters is 1. The summed E-state index contributed by atoms with van der Waals surface area (Å²) in [6, 6.07) is 0. The van der Waals surface area contributed by atoms with Gasteiger partial charge in [0, 0.05) is 11.5 Å². The van der Waals surface area contributed by atoms with Crippen LogP contribution in [0.4, 0.5) is 0 Å². The van der Waals surface area contributed by atoms with Gasteiger partial charge in [-0.2, -0.15) is 0 Å². The molecule has 0 aromatic carbocycles. The number of rotatable bonds is 5. The predicted molar refractivity (Wildman–Crippen MR) is 121 cm³/mol. The fraction of sp³-hybridized carbons (Fsp3) is 0.778. The maximum absolute atomic E-state index is 13.4. The molecule has 4 bridgehead atoms. The fourth-order valence-electron chi connectivity index (χ4n) is 8.15. The van der Waals surface area contributed by atoms with Crippen molar-refractivity contribution < 1.29 is 19.4 Å². The molecule has 6 atom stereocenters. The summed E-state index contributed by atoms with van der Waals surface area (Å²) in [6.45, 7) is 19.5. The van der Waals surface area contributed by atoms with Crippen LogP contribution in [-0.2, 0) is 14.3 Å². The summed E-state index contributed by atoms with van der Waals surface area (Å²) < 4.78 is 6.02. The molecule has 4 nitrogen and oxygen atoms in total. The number of hydrogen-bond acceptors (Lipinski definition) is 3. The zero-order chi connectivity index (χ0) is 23.1. The normalized spacial score (nSPS) is 42.4. The van der Waals surface area contributed by atoms with Crippen molar-refractivity contribution in [1.82, 2.24) is 0 Å². The molecule has 0 aromatic heterocycles. The fourth-order valence-corrected chi connectivity index (χ4v) is 8.15. The molecule has 31 heavy (non-hydrogen) atoms.